The normalized spacial score (nSPS) is 10.1. The zero-order valence-electron chi connectivity index (χ0n) is 13.2. The first-order chi connectivity index (χ1) is 11.7. The highest BCUT2D eigenvalue weighted by Crippen LogP contribution is 2.08. The van der Waals surface area contributed by atoms with Crippen LogP contribution in [0.1, 0.15) is 27.0 Å². The summed E-state index contributed by atoms with van der Waals surface area (Å²) in [6.07, 6.45) is 4.74. The Morgan fingerprint density at radius 2 is 1.50 bits per heavy atom. The van der Waals surface area contributed by atoms with Crippen molar-refractivity contribution in [1.82, 2.24) is 0 Å². The van der Waals surface area contributed by atoms with Crippen LogP contribution >= 0.6 is 0 Å². The molecule has 116 valence electrons. The van der Waals surface area contributed by atoms with Crippen LogP contribution in [0.25, 0.3) is 0 Å². The van der Waals surface area contributed by atoms with Crippen LogP contribution in [0.2, 0.25) is 0 Å². The topological polar surface area (TPSA) is 44.7 Å². The molecule has 0 spiro atoms. The summed E-state index contributed by atoms with van der Waals surface area (Å²) in [6, 6.07) is 23.2. The minimum atomic E-state index is 0.0281. The van der Waals surface area contributed by atoms with Gasteiger partial charge in [0.25, 0.3) is 0 Å². The van der Waals surface area contributed by atoms with Gasteiger partial charge in [0.2, 0.25) is 12.3 Å². The molecule has 3 heteroatoms. The van der Waals surface area contributed by atoms with Crippen LogP contribution in [0.3, 0.4) is 0 Å². The second-order valence-corrected chi connectivity index (χ2v) is 5.65. The molecule has 2 aromatic carbocycles. The Bertz CT molecular complexity index is 860. The van der Waals surface area contributed by atoms with Gasteiger partial charge in [0.15, 0.2) is 12.4 Å². The molecule has 3 rings (SSSR count). The summed E-state index contributed by atoms with van der Waals surface area (Å²) in [5.41, 5.74) is 3.66. The third kappa shape index (κ3) is 3.93. The van der Waals surface area contributed by atoms with E-state index >= 15 is 0 Å². The summed E-state index contributed by atoms with van der Waals surface area (Å²) in [5.74, 6) is 0.0281. The molecule has 0 unspecified atom stereocenters. The van der Waals surface area contributed by atoms with Crippen molar-refractivity contribution < 1.29 is 9.36 Å². The number of rotatable bonds is 5. The fourth-order valence-electron chi connectivity index (χ4n) is 2.53. The maximum absolute atomic E-state index is 12.3. The molecular formula is C21H17N2O+. The fourth-order valence-corrected chi connectivity index (χ4v) is 2.53. The number of pyridine rings is 1. The van der Waals surface area contributed by atoms with Gasteiger partial charge in [0, 0.05) is 17.7 Å². The summed E-state index contributed by atoms with van der Waals surface area (Å²) >= 11 is 0. The van der Waals surface area contributed by atoms with Gasteiger partial charge in [0.1, 0.15) is 0 Å². The molecule has 0 saturated heterocycles. The van der Waals surface area contributed by atoms with E-state index in [0.29, 0.717) is 11.1 Å². The molecule has 24 heavy (non-hydrogen) atoms. The third-order valence-corrected chi connectivity index (χ3v) is 3.87. The van der Waals surface area contributed by atoms with Gasteiger partial charge < -0.3 is 0 Å². The van der Waals surface area contributed by atoms with E-state index in [0.717, 1.165) is 6.42 Å². The van der Waals surface area contributed by atoms with Crippen molar-refractivity contribution in [2.75, 3.05) is 0 Å². The number of carbonyl (C=O) groups is 1. The smallest absolute Gasteiger partial charge is 0.227 e. The second-order valence-electron chi connectivity index (χ2n) is 5.65. The number of nitriles is 1. The van der Waals surface area contributed by atoms with E-state index in [1.165, 1.54) is 11.1 Å². The van der Waals surface area contributed by atoms with Gasteiger partial charge >= 0.3 is 0 Å². The number of carbonyl (C=O) groups excluding carboxylic acids is 1. The highest BCUT2D eigenvalue weighted by molar-refractivity contribution is 5.95. The minimum absolute atomic E-state index is 0.0281. The van der Waals surface area contributed by atoms with Gasteiger partial charge in [-0.25, -0.2) is 0 Å². The van der Waals surface area contributed by atoms with Crippen molar-refractivity contribution >= 4 is 5.78 Å². The van der Waals surface area contributed by atoms with E-state index in [4.69, 9.17) is 5.26 Å². The van der Waals surface area contributed by atoms with E-state index in [1.54, 1.807) is 24.3 Å². The van der Waals surface area contributed by atoms with Crippen LogP contribution in [0, 0.1) is 11.3 Å². The van der Waals surface area contributed by atoms with Gasteiger partial charge in [-0.05, 0) is 41.8 Å². The maximum Gasteiger partial charge on any atom is 0.227 e. The molecule has 0 aliphatic heterocycles. The number of ketones is 1. The average Bonchev–Trinajstić information content (AvgIpc) is 2.64. The van der Waals surface area contributed by atoms with Crippen LogP contribution in [0.4, 0.5) is 0 Å². The highest BCUT2D eigenvalue weighted by Gasteiger charge is 2.12. The lowest BCUT2D eigenvalue weighted by atomic mass is 10.1. The molecule has 3 nitrogen and oxygen atoms in total. The van der Waals surface area contributed by atoms with Crippen molar-refractivity contribution in [2.45, 2.75) is 13.0 Å². The van der Waals surface area contributed by atoms with E-state index in [1.807, 2.05) is 47.3 Å². The first-order valence-electron chi connectivity index (χ1n) is 7.80. The number of hydrogen-bond donors (Lipinski definition) is 0. The van der Waals surface area contributed by atoms with Crippen molar-refractivity contribution in [3.05, 3.63) is 101 Å². The molecule has 1 aromatic heterocycles. The predicted octanol–water partition coefficient (Wildman–Crippen LogP) is 3.32. The summed E-state index contributed by atoms with van der Waals surface area (Å²) in [4.78, 5) is 12.3. The Hall–Kier alpha value is -3.25. The quantitative estimate of drug-likeness (QED) is 0.536. The summed E-state index contributed by atoms with van der Waals surface area (Å²) in [6.45, 7) is 0.289. The molecule has 0 N–H and O–H groups in total. The summed E-state index contributed by atoms with van der Waals surface area (Å²) < 4.78 is 1.87. The van der Waals surface area contributed by atoms with Crippen LogP contribution in [0.5, 0.6) is 0 Å². The number of benzene rings is 2. The molecule has 3 aromatic rings. The van der Waals surface area contributed by atoms with Crippen LogP contribution in [-0.4, -0.2) is 5.78 Å². The molecule has 0 saturated carbocycles. The SMILES string of the molecule is N#Cc1ccc(C(=O)C[n+]2ccc(Cc3ccccc3)cc2)cc1. The van der Waals surface area contributed by atoms with E-state index in [2.05, 4.69) is 18.2 Å². The second kappa shape index (κ2) is 7.34. The number of hydrogen-bond acceptors (Lipinski definition) is 2. The largest absolute Gasteiger partial charge is 0.287 e. The van der Waals surface area contributed by atoms with E-state index in [-0.39, 0.29) is 12.3 Å². The lowest BCUT2D eigenvalue weighted by molar-refractivity contribution is -0.683. The van der Waals surface area contributed by atoms with Crippen LogP contribution in [-0.2, 0) is 13.0 Å². The molecule has 1 heterocycles. The van der Waals surface area contributed by atoms with Gasteiger partial charge in [-0.3, -0.25) is 4.79 Å². The standard InChI is InChI=1S/C21H17N2O/c22-15-19-6-8-20(9-7-19)21(24)16-23-12-10-18(11-13-23)14-17-4-2-1-3-5-17/h1-13H,14,16H2/q+1. The predicted molar refractivity (Wildman–Crippen MR) is 91.4 cm³/mol. The molecular weight excluding hydrogens is 296 g/mol. The van der Waals surface area contributed by atoms with Crippen LogP contribution < -0.4 is 4.57 Å². The van der Waals surface area contributed by atoms with E-state index in [9.17, 15) is 4.79 Å². The highest BCUT2D eigenvalue weighted by atomic mass is 16.1. The Morgan fingerprint density at radius 1 is 0.875 bits per heavy atom. The minimum Gasteiger partial charge on any atom is -0.287 e. The van der Waals surface area contributed by atoms with Crippen LogP contribution in [0.15, 0.2) is 79.1 Å². The number of aromatic nitrogens is 1. The number of Topliss-reactive ketones (excluding diaryl/α,β-unsaturated/α-hetero) is 1. The number of nitrogens with zero attached hydrogens (tertiary/aromatic N) is 2. The zero-order chi connectivity index (χ0) is 16.8. The van der Waals surface area contributed by atoms with Crippen molar-refractivity contribution in [1.29, 1.82) is 5.26 Å². The molecule has 0 fully saturated rings. The lowest BCUT2D eigenvalue weighted by Gasteiger charge is -2.02. The van der Waals surface area contributed by atoms with Gasteiger partial charge in [-0.15, -0.1) is 0 Å². The van der Waals surface area contributed by atoms with Crippen molar-refractivity contribution in [3.63, 3.8) is 0 Å². The lowest BCUT2D eigenvalue weighted by Crippen LogP contribution is -2.37. The Balaban J connectivity index is 1.65. The van der Waals surface area contributed by atoms with Gasteiger partial charge in [0.05, 0.1) is 11.6 Å². The Kier molecular flexibility index (Phi) is 4.78. The Labute approximate surface area is 141 Å². The molecule has 0 amide bonds. The third-order valence-electron chi connectivity index (χ3n) is 3.87. The first-order valence-corrected chi connectivity index (χ1v) is 7.80. The maximum atomic E-state index is 12.3. The van der Waals surface area contributed by atoms with E-state index < -0.39 is 0 Å². The van der Waals surface area contributed by atoms with Gasteiger partial charge in [-0.2, -0.15) is 9.83 Å². The molecule has 0 atom stereocenters. The van der Waals surface area contributed by atoms with Gasteiger partial charge in [-0.1, -0.05) is 30.3 Å². The summed E-state index contributed by atoms with van der Waals surface area (Å²) in [5, 5.41) is 8.79. The molecule has 0 bridgehead atoms. The Morgan fingerprint density at radius 3 is 2.12 bits per heavy atom. The molecule has 0 aliphatic rings. The molecule has 0 aliphatic carbocycles. The van der Waals surface area contributed by atoms with Crippen molar-refractivity contribution in [3.8, 4) is 6.07 Å². The average molecular weight is 313 g/mol. The van der Waals surface area contributed by atoms with Crippen molar-refractivity contribution in [2.24, 2.45) is 0 Å². The first kappa shape index (κ1) is 15.6. The zero-order valence-corrected chi connectivity index (χ0v) is 13.2. The molecule has 0 radical (unpaired) electrons. The fraction of sp³-hybridized carbons (Fsp3) is 0.0952. The summed E-state index contributed by atoms with van der Waals surface area (Å²) in [7, 11) is 0. The monoisotopic (exact) mass is 313 g/mol.